The fourth-order valence-electron chi connectivity index (χ4n) is 2.63. The smallest absolute Gasteiger partial charge is 0.258 e. The van der Waals surface area contributed by atoms with Crippen LogP contribution in [0.2, 0.25) is 5.02 Å². The van der Waals surface area contributed by atoms with Crippen molar-refractivity contribution >= 4 is 27.5 Å². The van der Waals surface area contributed by atoms with Gasteiger partial charge in [-0.15, -0.1) is 0 Å². The lowest BCUT2D eigenvalue weighted by molar-refractivity contribution is -0.123. The first-order valence-corrected chi connectivity index (χ1v) is 11.5. The standard InChI is InChI=1S/C21H27ClN2O5S/c1-4-5-12-23-30(26,27)18-10-11-20(19(22)13-18)29-14-21(25)24-15(2)16-6-8-17(28-3)9-7-16/h6-11,13,15,23H,4-5,12,14H2,1-3H3,(H,24,25)/t15-/m1/s1. The van der Waals surface area contributed by atoms with Crippen LogP contribution in [-0.2, 0) is 14.8 Å². The van der Waals surface area contributed by atoms with Crippen LogP contribution in [0.4, 0.5) is 0 Å². The highest BCUT2D eigenvalue weighted by Crippen LogP contribution is 2.27. The third kappa shape index (κ3) is 6.90. The zero-order valence-corrected chi connectivity index (χ0v) is 18.8. The van der Waals surface area contributed by atoms with E-state index in [0.717, 1.165) is 24.2 Å². The number of hydrogen-bond acceptors (Lipinski definition) is 5. The lowest BCUT2D eigenvalue weighted by atomic mass is 10.1. The molecule has 1 amide bonds. The van der Waals surface area contributed by atoms with E-state index in [1.54, 1.807) is 7.11 Å². The van der Waals surface area contributed by atoms with Gasteiger partial charge >= 0.3 is 0 Å². The largest absolute Gasteiger partial charge is 0.497 e. The lowest BCUT2D eigenvalue weighted by Crippen LogP contribution is -2.31. The third-order valence-corrected chi connectivity index (χ3v) is 6.14. The number of halogens is 1. The topological polar surface area (TPSA) is 93.7 Å². The Labute approximate surface area is 182 Å². The van der Waals surface area contributed by atoms with Crippen LogP contribution in [0.15, 0.2) is 47.4 Å². The molecule has 2 N–H and O–H groups in total. The minimum atomic E-state index is -3.63. The third-order valence-electron chi connectivity index (χ3n) is 4.39. The molecule has 30 heavy (non-hydrogen) atoms. The van der Waals surface area contributed by atoms with Crippen LogP contribution in [0, 0.1) is 0 Å². The summed E-state index contributed by atoms with van der Waals surface area (Å²) in [6.07, 6.45) is 1.63. The Hall–Kier alpha value is -2.29. The summed E-state index contributed by atoms with van der Waals surface area (Å²) in [6.45, 7) is 3.95. The van der Waals surface area contributed by atoms with E-state index in [-0.39, 0.29) is 34.2 Å². The summed E-state index contributed by atoms with van der Waals surface area (Å²) < 4.78 is 37.6. The number of rotatable bonds is 11. The van der Waals surface area contributed by atoms with E-state index in [1.165, 1.54) is 18.2 Å². The molecule has 1 atom stereocenters. The van der Waals surface area contributed by atoms with Crippen molar-refractivity contribution < 1.29 is 22.7 Å². The molecule has 0 spiro atoms. The van der Waals surface area contributed by atoms with Gasteiger partial charge in [0.25, 0.3) is 5.91 Å². The average Bonchev–Trinajstić information content (AvgIpc) is 2.73. The molecule has 0 aliphatic heterocycles. The molecular formula is C21H27ClN2O5S. The lowest BCUT2D eigenvalue weighted by Gasteiger charge is -2.15. The second kappa shape index (κ2) is 11.2. The van der Waals surface area contributed by atoms with E-state index in [4.69, 9.17) is 21.1 Å². The Morgan fingerprint density at radius 3 is 2.47 bits per heavy atom. The Kier molecular flexibility index (Phi) is 8.95. The first-order chi connectivity index (χ1) is 14.3. The second-order valence-corrected chi connectivity index (χ2v) is 8.87. The maximum absolute atomic E-state index is 12.3. The van der Waals surface area contributed by atoms with Crippen molar-refractivity contribution in [1.82, 2.24) is 10.0 Å². The summed E-state index contributed by atoms with van der Waals surface area (Å²) in [6, 6.07) is 11.3. The molecule has 2 aromatic rings. The molecule has 0 aliphatic carbocycles. The van der Waals surface area contributed by atoms with Crippen LogP contribution in [0.5, 0.6) is 11.5 Å². The predicted molar refractivity (Wildman–Crippen MR) is 117 cm³/mol. The summed E-state index contributed by atoms with van der Waals surface area (Å²) in [7, 11) is -2.04. The Morgan fingerprint density at radius 2 is 1.87 bits per heavy atom. The van der Waals surface area contributed by atoms with Gasteiger partial charge in [-0.25, -0.2) is 13.1 Å². The molecule has 2 aromatic carbocycles. The summed E-state index contributed by atoms with van der Waals surface area (Å²) >= 11 is 6.15. The molecule has 0 bridgehead atoms. The number of ether oxygens (including phenoxy) is 2. The number of carbonyl (C=O) groups is 1. The maximum Gasteiger partial charge on any atom is 0.258 e. The van der Waals surface area contributed by atoms with Gasteiger partial charge in [-0.3, -0.25) is 4.79 Å². The van der Waals surface area contributed by atoms with E-state index < -0.39 is 10.0 Å². The van der Waals surface area contributed by atoms with Crippen molar-refractivity contribution in [3.63, 3.8) is 0 Å². The van der Waals surface area contributed by atoms with Crippen LogP contribution in [0.1, 0.15) is 38.3 Å². The van der Waals surface area contributed by atoms with Crippen molar-refractivity contribution in [2.45, 2.75) is 37.6 Å². The number of nitrogens with one attached hydrogen (secondary N) is 2. The molecule has 0 heterocycles. The van der Waals surface area contributed by atoms with Crippen molar-refractivity contribution in [2.24, 2.45) is 0 Å². The predicted octanol–water partition coefficient (Wildman–Crippen LogP) is 3.68. The zero-order chi connectivity index (χ0) is 22.1. The quantitative estimate of drug-likeness (QED) is 0.505. The van der Waals surface area contributed by atoms with Gasteiger partial charge in [0, 0.05) is 6.54 Å². The number of sulfonamides is 1. The van der Waals surface area contributed by atoms with Gasteiger partial charge in [0.2, 0.25) is 10.0 Å². The summed E-state index contributed by atoms with van der Waals surface area (Å²) in [5.41, 5.74) is 0.923. The van der Waals surface area contributed by atoms with E-state index in [1.807, 2.05) is 38.1 Å². The van der Waals surface area contributed by atoms with Crippen LogP contribution in [0.3, 0.4) is 0 Å². The first kappa shape index (κ1) is 24.0. The average molecular weight is 455 g/mol. The molecule has 0 fully saturated rings. The highest BCUT2D eigenvalue weighted by molar-refractivity contribution is 7.89. The Balaban J connectivity index is 1.92. The van der Waals surface area contributed by atoms with Crippen molar-refractivity contribution in [3.8, 4) is 11.5 Å². The summed E-state index contributed by atoms with van der Waals surface area (Å²) in [4.78, 5) is 12.2. The minimum Gasteiger partial charge on any atom is -0.497 e. The highest BCUT2D eigenvalue weighted by atomic mass is 35.5. The van der Waals surface area contributed by atoms with Gasteiger partial charge < -0.3 is 14.8 Å². The molecule has 0 aliphatic rings. The fourth-order valence-corrected chi connectivity index (χ4v) is 4.03. The minimum absolute atomic E-state index is 0.0496. The molecule has 0 unspecified atom stereocenters. The van der Waals surface area contributed by atoms with Crippen LogP contribution in [0.25, 0.3) is 0 Å². The highest BCUT2D eigenvalue weighted by Gasteiger charge is 2.16. The van der Waals surface area contributed by atoms with Gasteiger partial charge in [0.05, 0.1) is 23.1 Å². The van der Waals surface area contributed by atoms with Crippen molar-refractivity contribution in [2.75, 3.05) is 20.3 Å². The van der Waals surface area contributed by atoms with E-state index in [2.05, 4.69) is 10.0 Å². The van der Waals surface area contributed by atoms with Gasteiger partial charge in [0.1, 0.15) is 11.5 Å². The van der Waals surface area contributed by atoms with Gasteiger partial charge in [-0.1, -0.05) is 37.1 Å². The number of amides is 1. The fraction of sp³-hybridized carbons (Fsp3) is 0.381. The first-order valence-electron chi connectivity index (χ1n) is 9.62. The number of unbranched alkanes of at least 4 members (excludes halogenated alkanes) is 1. The van der Waals surface area contributed by atoms with Crippen LogP contribution in [-0.4, -0.2) is 34.6 Å². The van der Waals surface area contributed by atoms with Crippen LogP contribution >= 0.6 is 11.6 Å². The maximum atomic E-state index is 12.3. The summed E-state index contributed by atoms with van der Waals surface area (Å²) in [5, 5.41) is 2.95. The molecule has 0 saturated heterocycles. The molecule has 164 valence electrons. The van der Waals surface area contributed by atoms with E-state index >= 15 is 0 Å². The summed E-state index contributed by atoms with van der Waals surface area (Å²) in [5.74, 6) is 0.644. The SMILES string of the molecule is CCCCNS(=O)(=O)c1ccc(OCC(=O)N[C@H](C)c2ccc(OC)cc2)c(Cl)c1. The van der Waals surface area contributed by atoms with Gasteiger partial charge in [-0.05, 0) is 49.2 Å². The molecule has 0 saturated carbocycles. The Bertz CT molecular complexity index is 948. The number of benzene rings is 2. The number of hydrogen-bond donors (Lipinski definition) is 2. The van der Waals surface area contributed by atoms with E-state index in [0.29, 0.717) is 6.54 Å². The molecule has 7 nitrogen and oxygen atoms in total. The zero-order valence-electron chi connectivity index (χ0n) is 17.3. The van der Waals surface area contributed by atoms with Crippen LogP contribution < -0.4 is 19.5 Å². The molecule has 0 aromatic heterocycles. The molecular weight excluding hydrogens is 428 g/mol. The molecule has 2 rings (SSSR count). The van der Waals surface area contributed by atoms with Crippen molar-refractivity contribution in [3.05, 3.63) is 53.1 Å². The number of methoxy groups -OCH3 is 1. The van der Waals surface area contributed by atoms with Crippen molar-refractivity contribution in [1.29, 1.82) is 0 Å². The van der Waals surface area contributed by atoms with E-state index in [9.17, 15) is 13.2 Å². The monoisotopic (exact) mass is 454 g/mol. The number of carbonyl (C=O) groups excluding carboxylic acids is 1. The van der Waals surface area contributed by atoms with Gasteiger partial charge in [-0.2, -0.15) is 0 Å². The van der Waals surface area contributed by atoms with Gasteiger partial charge in [0.15, 0.2) is 6.61 Å². The Morgan fingerprint density at radius 1 is 1.17 bits per heavy atom. The second-order valence-electron chi connectivity index (χ2n) is 6.69. The molecule has 0 radical (unpaired) electrons. The molecule has 9 heteroatoms. The normalized spacial score (nSPS) is 12.3.